The summed E-state index contributed by atoms with van der Waals surface area (Å²) in [4.78, 5) is 15.3. The van der Waals surface area contributed by atoms with Crippen molar-refractivity contribution in [3.63, 3.8) is 0 Å². The number of rotatable bonds is 5. The number of hydrogen-bond acceptors (Lipinski definition) is 5. The Morgan fingerprint density at radius 3 is 2.81 bits per heavy atom. The predicted octanol–water partition coefficient (Wildman–Crippen LogP) is -0.0682. The maximum Gasteiger partial charge on any atom is 0.288 e. The van der Waals surface area contributed by atoms with E-state index >= 15 is 0 Å². The molecule has 0 unspecified atom stereocenters. The first-order chi connectivity index (χ1) is 7.44. The van der Waals surface area contributed by atoms with Crippen molar-refractivity contribution in [2.24, 2.45) is 0 Å². The van der Waals surface area contributed by atoms with Gasteiger partial charge in [0.25, 0.3) is 5.91 Å². The van der Waals surface area contributed by atoms with Crippen LogP contribution in [0, 0.1) is 0 Å². The van der Waals surface area contributed by atoms with Gasteiger partial charge in [-0.1, -0.05) is 0 Å². The lowest BCUT2D eigenvalue weighted by Crippen LogP contribution is -2.40. The molecule has 0 saturated heterocycles. The van der Waals surface area contributed by atoms with Crippen LogP contribution in [0.25, 0.3) is 0 Å². The summed E-state index contributed by atoms with van der Waals surface area (Å²) in [6.45, 7) is 6.68. The van der Waals surface area contributed by atoms with Crippen LogP contribution in [0.15, 0.2) is 0 Å². The Hall–Kier alpha value is -1.63. The van der Waals surface area contributed by atoms with Gasteiger partial charge >= 0.3 is 0 Å². The SMILES string of the molecule is CCOC(C)(C)CNC(=O)c1nc(N)n[nH]1. The van der Waals surface area contributed by atoms with E-state index in [2.05, 4.69) is 20.5 Å². The van der Waals surface area contributed by atoms with Crippen LogP contribution in [0.5, 0.6) is 0 Å². The van der Waals surface area contributed by atoms with Crippen LogP contribution in [0.3, 0.4) is 0 Å². The molecule has 90 valence electrons. The van der Waals surface area contributed by atoms with E-state index in [1.165, 1.54) is 0 Å². The summed E-state index contributed by atoms with van der Waals surface area (Å²) in [5.41, 5.74) is 4.88. The lowest BCUT2D eigenvalue weighted by Gasteiger charge is -2.24. The van der Waals surface area contributed by atoms with Crippen LogP contribution in [0.4, 0.5) is 5.95 Å². The van der Waals surface area contributed by atoms with Gasteiger partial charge in [0.15, 0.2) is 0 Å². The zero-order valence-electron chi connectivity index (χ0n) is 9.70. The van der Waals surface area contributed by atoms with E-state index in [1.807, 2.05) is 20.8 Å². The molecule has 1 aromatic heterocycles. The highest BCUT2D eigenvalue weighted by atomic mass is 16.5. The van der Waals surface area contributed by atoms with Gasteiger partial charge in [-0.15, -0.1) is 5.10 Å². The van der Waals surface area contributed by atoms with E-state index in [9.17, 15) is 4.79 Å². The topological polar surface area (TPSA) is 106 Å². The van der Waals surface area contributed by atoms with E-state index in [1.54, 1.807) is 0 Å². The fraction of sp³-hybridized carbons (Fsp3) is 0.667. The quantitative estimate of drug-likeness (QED) is 0.653. The molecule has 0 atom stereocenters. The number of anilines is 1. The maximum absolute atomic E-state index is 11.6. The molecule has 1 heterocycles. The van der Waals surface area contributed by atoms with Gasteiger partial charge in [0.05, 0.1) is 5.60 Å². The molecule has 0 aliphatic heterocycles. The first-order valence-corrected chi connectivity index (χ1v) is 5.04. The Kier molecular flexibility index (Phi) is 3.83. The average Bonchev–Trinajstić information content (AvgIpc) is 2.61. The monoisotopic (exact) mass is 227 g/mol. The van der Waals surface area contributed by atoms with Crippen molar-refractivity contribution in [2.45, 2.75) is 26.4 Å². The van der Waals surface area contributed by atoms with Gasteiger partial charge in [0, 0.05) is 13.2 Å². The Balaban J connectivity index is 2.47. The molecule has 0 fully saturated rings. The molecule has 1 aromatic rings. The van der Waals surface area contributed by atoms with Crippen molar-refractivity contribution in [3.8, 4) is 0 Å². The normalized spacial score (nSPS) is 11.4. The van der Waals surface area contributed by atoms with Gasteiger partial charge in [0.2, 0.25) is 11.8 Å². The first-order valence-electron chi connectivity index (χ1n) is 5.04. The Bertz CT molecular complexity index is 361. The number of amides is 1. The molecule has 0 aromatic carbocycles. The number of carbonyl (C=O) groups excluding carboxylic acids is 1. The number of aromatic nitrogens is 3. The molecule has 16 heavy (non-hydrogen) atoms. The highest BCUT2D eigenvalue weighted by Crippen LogP contribution is 2.07. The summed E-state index contributed by atoms with van der Waals surface area (Å²) < 4.78 is 5.44. The zero-order valence-corrected chi connectivity index (χ0v) is 9.70. The van der Waals surface area contributed by atoms with Crippen molar-refractivity contribution in [2.75, 3.05) is 18.9 Å². The summed E-state index contributed by atoms with van der Waals surface area (Å²) >= 11 is 0. The highest BCUT2D eigenvalue weighted by molar-refractivity contribution is 5.90. The second kappa shape index (κ2) is 4.93. The van der Waals surface area contributed by atoms with Crippen molar-refractivity contribution >= 4 is 11.9 Å². The van der Waals surface area contributed by atoms with Gasteiger partial charge in [-0.3, -0.25) is 9.89 Å². The fourth-order valence-corrected chi connectivity index (χ4v) is 1.19. The van der Waals surface area contributed by atoms with E-state index in [-0.39, 0.29) is 17.7 Å². The number of ether oxygens (including phenoxy) is 1. The van der Waals surface area contributed by atoms with Crippen LogP contribution < -0.4 is 11.1 Å². The summed E-state index contributed by atoms with van der Waals surface area (Å²) in [6, 6.07) is 0. The predicted molar refractivity (Wildman–Crippen MR) is 58.8 cm³/mol. The minimum Gasteiger partial charge on any atom is -0.374 e. The number of hydrogen-bond donors (Lipinski definition) is 3. The summed E-state index contributed by atoms with van der Waals surface area (Å²) in [5, 5.41) is 8.69. The third-order valence-corrected chi connectivity index (χ3v) is 1.93. The van der Waals surface area contributed by atoms with Crippen molar-refractivity contribution in [1.29, 1.82) is 0 Å². The van der Waals surface area contributed by atoms with Crippen LogP contribution in [0.1, 0.15) is 31.4 Å². The second-order valence-corrected chi connectivity index (χ2v) is 3.92. The van der Waals surface area contributed by atoms with E-state index in [0.29, 0.717) is 13.2 Å². The number of nitrogens with one attached hydrogen (secondary N) is 2. The molecule has 7 heteroatoms. The van der Waals surface area contributed by atoms with Gasteiger partial charge in [0.1, 0.15) is 0 Å². The molecule has 0 bridgehead atoms. The summed E-state index contributed by atoms with van der Waals surface area (Å²) in [6.07, 6.45) is 0. The number of nitrogens with zero attached hydrogens (tertiary/aromatic N) is 2. The van der Waals surface area contributed by atoms with Crippen LogP contribution in [-0.2, 0) is 4.74 Å². The molecule has 7 nitrogen and oxygen atoms in total. The van der Waals surface area contributed by atoms with Crippen LogP contribution in [-0.4, -0.2) is 39.8 Å². The van der Waals surface area contributed by atoms with Crippen molar-refractivity contribution in [1.82, 2.24) is 20.5 Å². The van der Waals surface area contributed by atoms with E-state index in [0.717, 1.165) is 0 Å². The average molecular weight is 227 g/mol. The lowest BCUT2D eigenvalue weighted by atomic mass is 10.1. The Morgan fingerprint density at radius 2 is 2.31 bits per heavy atom. The minimum absolute atomic E-state index is 0.0502. The molecular formula is C9H17N5O2. The number of nitrogens with two attached hydrogens (primary N) is 1. The molecular weight excluding hydrogens is 210 g/mol. The third-order valence-electron chi connectivity index (χ3n) is 1.93. The van der Waals surface area contributed by atoms with Crippen molar-refractivity contribution in [3.05, 3.63) is 5.82 Å². The number of nitrogen functional groups attached to an aromatic ring is 1. The number of aromatic amines is 1. The molecule has 1 amide bonds. The Labute approximate surface area is 93.8 Å². The lowest BCUT2D eigenvalue weighted by molar-refractivity contribution is -0.00821. The third kappa shape index (κ3) is 3.50. The first kappa shape index (κ1) is 12.4. The zero-order chi connectivity index (χ0) is 12.2. The maximum atomic E-state index is 11.6. The smallest absolute Gasteiger partial charge is 0.288 e. The highest BCUT2D eigenvalue weighted by Gasteiger charge is 2.20. The fourth-order valence-electron chi connectivity index (χ4n) is 1.19. The molecule has 1 rings (SSSR count). The van der Waals surface area contributed by atoms with Gasteiger partial charge < -0.3 is 15.8 Å². The molecule has 4 N–H and O–H groups in total. The minimum atomic E-state index is -0.407. The largest absolute Gasteiger partial charge is 0.374 e. The Morgan fingerprint density at radius 1 is 1.62 bits per heavy atom. The number of carbonyl (C=O) groups is 1. The standard InChI is InChI=1S/C9H17N5O2/c1-4-16-9(2,3)5-11-7(15)6-12-8(10)14-13-6/h4-5H2,1-3H3,(H,11,15)(H3,10,12,13,14). The number of H-pyrrole nitrogens is 1. The summed E-state index contributed by atoms with van der Waals surface area (Å²) in [5.74, 6) is -0.198. The molecule has 0 radical (unpaired) electrons. The van der Waals surface area contributed by atoms with Crippen molar-refractivity contribution < 1.29 is 9.53 Å². The van der Waals surface area contributed by atoms with Gasteiger partial charge in [-0.05, 0) is 20.8 Å². The van der Waals surface area contributed by atoms with Gasteiger partial charge in [-0.25, -0.2) is 0 Å². The molecule has 0 saturated carbocycles. The van der Waals surface area contributed by atoms with Gasteiger partial charge in [-0.2, -0.15) is 4.98 Å². The van der Waals surface area contributed by atoms with E-state index in [4.69, 9.17) is 10.5 Å². The van der Waals surface area contributed by atoms with Crippen LogP contribution in [0.2, 0.25) is 0 Å². The molecule has 0 spiro atoms. The second-order valence-electron chi connectivity index (χ2n) is 3.92. The summed E-state index contributed by atoms with van der Waals surface area (Å²) in [7, 11) is 0. The van der Waals surface area contributed by atoms with E-state index < -0.39 is 5.60 Å². The van der Waals surface area contributed by atoms with Crippen LogP contribution >= 0.6 is 0 Å². The molecule has 0 aliphatic rings. The molecule has 0 aliphatic carbocycles.